The van der Waals surface area contributed by atoms with E-state index in [0.717, 1.165) is 24.0 Å². The summed E-state index contributed by atoms with van der Waals surface area (Å²) in [5.74, 6) is -1.66. The smallest absolute Gasteiger partial charge is 0.317 e. The molecule has 0 radical (unpaired) electrons. The van der Waals surface area contributed by atoms with Crippen molar-refractivity contribution in [2.75, 3.05) is 50.6 Å². The third-order valence-corrected chi connectivity index (χ3v) is 7.88. The van der Waals surface area contributed by atoms with Gasteiger partial charge in [0.25, 0.3) is 11.8 Å². The number of likely N-dealkylation sites (tertiary alicyclic amines) is 1. The largest absolute Gasteiger partial charge is 0.505 e. The SMILES string of the molecule is CC1=C(CN(C)C)C(=O)N(c2ccc(C(C)(C)C)cc2)C(=O)C1=NNc1cccc(C2CCN(CC(=O)O)CC2)c1O. The average Bonchev–Trinajstić information content (AvgIpc) is 2.92. The molecule has 0 unspecified atom stereocenters. The number of hydrogen-bond donors (Lipinski definition) is 3. The van der Waals surface area contributed by atoms with Crippen molar-refractivity contribution in [1.29, 1.82) is 0 Å². The molecule has 2 aliphatic rings. The maximum absolute atomic E-state index is 13.8. The Kier molecular flexibility index (Phi) is 9.18. The average molecular weight is 576 g/mol. The number of piperidine rings is 1. The summed E-state index contributed by atoms with van der Waals surface area (Å²) in [6.45, 7) is 9.62. The minimum Gasteiger partial charge on any atom is -0.505 e. The Morgan fingerprint density at radius 1 is 1.05 bits per heavy atom. The second kappa shape index (κ2) is 12.5. The minimum absolute atomic E-state index is 0.00868. The van der Waals surface area contributed by atoms with Crippen molar-refractivity contribution < 1.29 is 24.6 Å². The van der Waals surface area contributed by atoms with Crippen LogP contribution in [0.3, 0.4) is 0 Å². The van der Waals surface area contributed by atoms with Crippen LogP contribution in [-0.2, 0) is 19.8 Å². The number of nitrogens with zero attached hydrogens (tertiary/aromatic N) is 4. The van der Waals surface area contributed by atoms with Gasteiger partial charge in [0, 0.05) is 12.1 Å². The number of rotatable bonds is 8. The molecule has 2 amide bonds. The highest BCUT2D eigenvalue weighted by Gasteiger charge is 2.38. The van der Waals surface area contributed by atoms with Crippen molar-refractivity contribution in [2.24, 2.45) is 5.10 Å². The van der Waals surface area contributed by atoms with Gasteiger partial charge in [-0.05, 0) is 93.2 Å². The molecule has 4 rings (SSSR count). The summed E-state index contributed by atoms with van der Waals surface area (Å²) < 4.78 is 0. The monoisotopic (exact) mass is 575 g/mol. The van der Waals surface area contributed by atoms with Crippen LogP contribution in [0, 0.1) is 0 Å². The second-order valence-electron chi connectivity index (χ2n) is 12.3. The van der Waals surface area contributed by atoms with Crippen LogP contribution < -0.4 is 10.3 Å². The number of imide groups is 1. The van der Waals surface area contributed by atoms with Gasteiger partial charge in [-0.1, -0.05) is 45.0 Å². The molecule has 0 bridgehead atoms. The van der Waals surface area contributed by atoms with Crippen molar-refractivity contribution >= 4 is 34.9 Å². The number of amides is 2. The number of benzene rings is 2. The molecule has 0 aliphatic carbocycles. The molecule has 42 heavy (non-hydrogen) atoms. The number of likely N-dealkylation sites (N-methyl/N-ethyl adjacent to an activating group) is 1. The first-order chi connectivity index (χ1) is 19.8. The standard InChI is InChI=1S/C32H41N5O5/c1-20-25(18-35(5)6)30(41)37(23-12-10-22(11-13-23)32(2,3)4)31(42)28(20)34-33-26-9-7-8-24(29(26)40)21-14-16-36(17-15-21)19-27(38)39/h7-13,21,33,40H,14-19H2,1-6H3,(H,38,39). The maximum Gasteiger partial charge on any atom is 0.317 e. The number of nitrogens with one attached hydrogen (secondary N) is 1. The van der Waals surface area contributed by atoms with Gasteiger partial charge in [-0.3, -0.25) is 24.7 Å². The number of hydrogen-bond acceptors (Lipinski definition) is 8. The van der Waals surface area contributed by atoms with Crippen LogP contribution in [0.15, 0.2) is 58.7 Å². The van der Waals surface area contributed by atoms with Gasteiger partial charge in [0.05, 0.1) is 17.9 Å². The van der Waals surface area contributed by atoms with Gasteiger partial charge < -0.3 is 15.1 Å². The zero-order valence-electron chi connectivity index (χ0n) is 25.3. The molecule has 1 fully saturated rings. The summed E-state index contributed by atoms with van der Waals surface area (Å²) >= 11 is 0. The van der Waals surface area contributed by atoms with Crippen LogP contribution in [0.25, 0.3) is 0 Å². The number of aliphatic carboxylic acids is 1. The van der Waals surface area contributed by atoms with Crippen molar-refractivity contribution in [1.82, 2.24) is 9.80 Å². The number of carbonyl (C=O) groups excluding carboxylic acids is 2. The molecule has 0 aromatic heterocycles. The van der Waals surface area contributed by atoms with E-state index in [0.29, 0.717) is 42.2 Å². The van der Waals surface area contributed by atoms with E-state index in [-0.39, 0.29) is 35.2 Å². The summed E-state index contributed by atoms with van der Waals surface area (Å²) in [4.78, 5) is 43.4. The Balaban J connectivity index is 1.63. The summed E-state index contributed by atoms with van der Waals surface area (Å²) in [7, 11) is 3.72. The highest BCUT2D eigenvalue weighted by Crippen LogP contribution is 2.38. The molecule has 2 aromatic carbocycles. The normalized spacial score (nSPS) is 18.4. The summed E-state index contributed by atoms with van der Waals surface area (Å²) in [5.41, 5.74) is 6.50. The lowest BCUT2D eigenvalue weighted by Gasteiger charge is -2.31. The molecule has 2 heterocycles. The van der Waals surface area contributed by atoms with Crippen LogP contribution in [0.4, 0.5) is 11.4 Å². The predicted molar refractivity (Wildman–Crippen MR) is 164 cm³/mol. The first-order valence-corrected chi connectivity index (χ1v) is 14.2. The molecular formula is C32H41N5O5. The Morgan fingerprint density at radius 2 is 1.69 bits per heavy atom. The van der Waals surface area contributed by atoms with E-state index in [1.54, 1.807) is 25.1 Å². The molecule has 0 saturated carbocycles. The quantitative estimate of drug-likeness (QED) is 0.243. The van der Waals surface area contributed by atoms with E-state index < -0.39 is 11.9 Å². The van der Waals surface area contributed by atoms with Gasteiger partial charge in [0.1, 0.15) is 5.75 Å². The van der Waals surface area contributed by atoms with Crippen molar-refractivity contribution in [2.45, 2.75) is 51.9 Å². The van der Waals surface area contributed by atoms with E-state index in [2.05, 4.69) is 31.3 Å². The van der Waals surface area contributed by atoms with Gasteiger partial charge in [0.15, 0.2) is 5.71 Å². The van der Waals surface area contributed by atoms with Crippen molar-refractivity contribution in [3.8, 4) is 5.75 Å². The molecule has 2 aliphatic heterocycles. The van der Waals surface area contributed by atoms with Gasteiger partial charge in [0.2, 0.25) is 0 Å². The van der Waals surface area contributed by atoms with E-state index in [1.165, 1.54) is 4.90 Å². The van der Waals surface area contributed by atoms with Crippen LogP contribution in [0.2, 0.25) is 0 Å². The van der Waals surface area contributed by atoms with E-state index in [1.807, 2.05) is 48.2 Å². The fourth-order valence-electron chi connectivity index (χ4n) is 5.47. The number of phenolic OH excluding ortho intramolecular Hbond substituents is 1. The van der Waals surface area contributed by atoms with E-state index >= 15 is 0 Å². The maximum atomic E-state index is 13.8. The number of anilines is 2. The highest BCUT2D eigenvalue weighted by molar-refractivity contribution is 6.57. The summed E-state index contributed by atoms with van der Waals surface area (Å²) in [6.07, 6.45) is 1.44. The fourth-order valence-corrected chi connectivity index (χ4v) is 5.47. The third kappa shape index (κ3) is 6.71. The molecule has 10 heteroatoms. The molecule has 1 saturated heterocycles. The topological polar surface area (TPSA) is 126 Å². The third-order valence-electron chi connectivity index (χ3n) is 7.88. The molecular weight excluding hydrogens is 534 g/mol. The Morgan fingerprint density at radius 3 is 2.26 bits per heavy atom. The first kappa shape index (κ1) is 30.9. The molecule has 224 valence electrons. The van der Waals surface area contributed by atoms with Crippen molar-refractivity contribution in [3.63, 3.8) is 0 Å². The van der Waals surface area contributed by atoms with Gasteiger partial charge in [-0.25, -0.2) is 4.90 Å². The number of carboxylic acids is 1. The number of para-hydroxylation sites is 1. The zero-order valence-corrected chi connectivity index (χ0v) is 25.3. The van der Waals surface area contributed by atoms with E-state index in [4.69, 9.17) is 5.11 Å². The van der Waals surface area contributed by atoms with Crippen LogP contribution in [0.5, 0.6) is 5.75 Å². The fraction of sp³-hybridized carbons (Fsp3) is 0.438. The van der Waals surface area contributed by atoms with Gasteiger partial charge >= 0.3 is 5.97 Å². The summed E-state index contributed by atoms with van der Waals surface area (Å²) in [5, 5.41) is 24.7. The molecule has 10 nitrogen and oxygen atoms in total. The molecule has 3 N–H and O–H groups in total. The predicted octanol–water partition coefficient (Wildman–Crippen LogP) is 4.17. The molecule has 0 spiro atoms. The summed E-state index contributed by atoms with van der Waals surface area (Å²) in [6, 6.07) is 12.8. The highest BCUT2D eigenvalue weighted by atomic mass is 16.4. The number of carbonyl (C=O) groups is 3. The Hall–Kier alpha value is -4.02. The minimum atomic E-state index is -0.848. The molecule has 0 atom stereocenters. The van der Waals surface area contributed by atoms with Gasteiger partial charge in [-0.2, -0.15) is 5.10 Å². The number of hydrazone groups is 1. The number of phenols is 1. The lowest BCUT2D eigenvalue weighted by Crippen LogP contribution is -2.49. The van der Waals surface area contributed by atoms with Gasteiger partial charge in [-0.15, -0.1) is 0 Å². The van der Waals surface area contributed by atoms with E-state index in [9.17, 15) is 19.5 Å². The molecule has 2 aromatic rings. The van der Waals surface area contributed by atoms with Crippen LogP contribution in [-0.4, -0.2) is 83.8 Å². The lowest BCUT2D eigenvalue weighted by atomic mass is 9.87. The lowest BCUT2D eigenvalue weighted by molar-refractivity contribution is -0.138. The number of aromatic hydroxyl groups is 1. The van der Waals surface area contributed by atoms with Crippen molar-refractivity contribution in [3.05, 3.63) is 64.7 Å². The number of carboxylic acid groups (broad SMARTS) is 1. The zero-order chi connectivity index (χ0) is 30.8. The van der Waals surface area contributed by atoms with Crippen LogP contribution >= 0.6 is 0 Å². The second-order valence-corrected chi connectivity index (χ2v) is 12.3. The Labute approximate surface area is 247 Å². The first-order valence-electron chi connectivity index (χ1n) is 14.2. The van der Waals surface area contributed by atoms with Crippen LogP contribution in [0.1, 0.15) is 57.6 Å². The Bertz CT molecular complexity index is 1410.